The van der Waals surface area contributed by atoms with Gasteiger partial charge in [0.1, 0.15) is 6.04 Å². The van der Waals surface area contributed by atoms with Crippen molar-refractivity contribution in [2.24, 2.45) is 0 Å². The number of nitrogens with zero attached hydrogens (tertiary/aromatic N) is 1. The first-order valence-corrected chi connectivity index (χ1v) is 3.32. The number of rotatable bonds is 1. The number of hydrogen-bond donors (Lipinski definition) is 2. The molecule has 2 atom stereocenters. The molecule has 0 aromatic heterocycles. The van der Waals surface area contributed by atoms with Crippen LogP contribution in [0.15, 0.2) is 0 Å². The summed E-state index contributed by atoms with van der Waals surface area (Å²) in [7, 11) is 1.49. The normalized spacial score (nSPS) is 28.0. The number of nitrogens with one attached hydrogen (secondary N) is 1. The van der Waals surface area contributed by atoms with E-state index in [0.717, 1.165) is 4.90 Å². The van der Waals surface area contributed by atoms with Gasteiger partial charge in [-0.3, -0.25) is 9.69 Å². The maximum atomic E-state index is 10.9. The van der Waals surface area contributed by atoms with E-state index >= 15 is 0 Å². The topological polar surface area (TPSA) is 69.4 Å². The van der Waals surface area contributed by atoms with Crippen LogP contribution in [-0.4, -0.2) is 41.1 Å². The average Bonchev–Trinajstić information content (AvgIpc) is 2.60. The van der Waals surface area contributed by atoms with Gasteiger partial charge in [-0.05, 0) is 6.92 Å². The third-order valence-corrected chi connectivity index (χ3v) is 1.84. The van der Waals surface area contributed by atoms with Gasteiger partial charge in [0.25, 0.3) is 0 Å². The highest BCUT2D eigenvalue weighted by molar-refractivity contribution is 5.90. The number of amides is 2. The Morgan fingerprint density at radius 3 is 2.36 bits per heavy atom. The van der Waals surface area contributed by atoms with Crippen LogP contribution in [0.25, 0.3) is 0 Å². The van der Waals surface area contributed by atoms with Crippen molar-refractivity contribution in [3.63, 3.8) is 0 Å². The van der Waals surface area contributed by atoms with Crippen molar-refractivity contribution < 1.29 is 14.7 Å². The summed E-state index contributed by atoms with van der Waals surface area (Å²) in [5, 5.41) is 10.9. The molecule has 1 heterocycles. The zero-order valence-electron chi connectivity index (χ0n) is 6.37. The van der Waals surface area contributed by atoms with Crippen LogP contribution in [0, 0.1) is 0 Å². The summed E-state index contributed by atoms with van der Waals surface area (Å²) in [6.45, 7) is 1.70. The Labute approximate surface area is 64.0 Å². The Morgan fingerprint density at radius 2 is 2.09 bits per heavy atom. The highest BCUT2D eigenvalue weighted by Crippen LogP contribution is 2.27. The number of carboxylic acid groups (broad SMARTS) is 1. The predicted molar refractivity (Wildman–Crippen MR) is 37.2 cm³/mol. The minimum Gasteiger partial charge on any atom is -0.465 e. The smallest absolute Gasteiger partial charge is 0.408 e. The number of likely N-dealkylation sites (N-methyl/N-ethyl adjacent to an activating group) is 1. The van der Waals surface area contributed by atoms with Gasteiger partial charge in [0.15, 0.2) is 0 Å². The number of carbonyl (C=O) groups excluding carboxylic acids is 1. The van der Waals surface area contributed by atoms with Crippen LogP contribution in [0.5, 0.6) is 0 Å². The monoisotopic (exact) mass is 158 g/mol. The lowest BCUT2D eigenvalue weighted by atomic mass is 10.3. The van der Waals surface area contributed by atoms with E-state index in [1.54, 1.807) is 6.92 Å². The standard InChI is InChI=1S/C6H10N2O3/c1-3-4(5(9)7-2)8(3)6(10)11/h3-4H,1-2H3,(H,7,9)(H,10,11). The fourth-order valence-corrected chi connectivity index (χ4v) is 1.14. The Bertz CT molecular complexity index is 204. The molecule has 0 bridgehead atoms. The first-order chi connectivity index (χ1) is 5.09. The molecule has 2 amide bonds. The summed E-state index contributed by atoms with van der Waals surface area (Å²) >= 11 is 0. The molecule has 5 heteroatoms. The van der Waals surface area contributed by atoms with Gasteiger partial charge in [0.2, 0.25) is 5.91 Å². The van der Waals surface area contributed by atoms with Crippen molar-refractivity contribution in [2.45, 2.75) is 19.0 Å². The first-order valence-electron chi connectivity index (χ1n) is 3.32. The van der Waals surface area contributed by atoms with Crippen LogP contribution in [0.1, 0.15) is 6.92 Å². The van der Waals surface area contributed by atoms with Crippen molar-refractivity contribution in [3.8, 4) is 0 Å². The molecule has 62 valence electrons. The molecule has 1 aliphatic rings. The zero-order valence-corrected chi connectivity index (χ0v) is 6.37. The van der Waals surface area contributed by atoms with Gasteiger partial charge in [0, 0.05) is 7.05 Å². The highest BCUT2D eigenvalue weighted by Gasteiger charge is 2.52. The Hall–Kier alpha value is -1.26. The van der Waals surface area contributed by atoms with Crippen molar-refractivity contribution in [3.05, 3.63) is 0 Å². The molecule has 1 saturated heterocycles. The maximum absolute atomic E-state index is 10.9. The molecule has 0 aromatic rings. The van der Waals surface area contributed by atoms with Gasteiger partial charge in [-0.1, -0.05) is 0 Å². The fraction of sp³-hybridized carbons (Fsp3) is 0.667. The van der Waals surface area contributed by atoms with Crippen LogP contribution in [-0.2, 0) is 4.79 Å². The minimum absolute atomic E-state index is 0.174. The third kappa shape index (κ3) is 1.13. The summed E-state index contributed by atoms with van der Waals surface area (Å²) in [4.78, 5) is 22.3. The second-order valence-corrected chi connectivity index (χ2v) is 2.49. The zero-order chi connectivity index (χ0) is 8.59. The Balaban J connectivity index is 2.54. The van der Waals surface area contributed by atoms with Gasteiger partial charge < -0.3 is 10.4 Å². The molecule has 0 aromatic carbocycles. The molecular formula is C6H10N2O3. The van der Waals surface area contributed by atoms with Crippen molar-refractivity contribution in [1.82, 2.24) is 10.2 Å². The molecule has 0 aliphatic carbocycles. The Kier molecular flexibility index (Phi) is 1.72. The van der Waals surface area contributed by atoms with Gasteiger partial charge in [-0.2, -0.15) is 0 Å². The molecule has 1 aliphatic heterocycles. The van der Waals surface area contributed by atoms with Gasteiger partial charge in [-0.15, -0.1) is 0 Å². The van der Waals surface area contributed by atoms with Crippen molar-refractivity contribution in [1.29, 1.82) is 0 Å². The lowest BCUT2D eigenvalue weighted by Gasteiger charge is -1.95. The van der Waals surface area contributed by atoms with E-state index < -0.39 is 12.1 Å². The quantitative estimate of drug-likeness (QED) is 0.504. The van der Waals surface area contributed by atoms with E-state index in [-0.39, 0.29) is 11.9 Å². The van der Waals surface area contributed by atoms with E-state index in [1.165, 1.54) is 7.05 Å². The minimum atomic E-state index is -1.04. The summed E-state index contributed by atoms with van der Waals surface area (Å²) in [5.41, 5.74) is 0. The molecule has 2 unspecified atom stereocenters. The van der Waals surface area contributed by atoms with E-state index in [0.29, 0.717) is 0 Å². The van der Waals surface area contributed by atoms with Crippen LogP contribution >= 0.6 is 0 Å². The Morgan fingerprint density at radius 1 is 1.55 bits per heavy atom. The summed E-state index contributed by atoms with van der Waals surface area (Å²) in [5.74, 6) is -0.236. The molecule has 0 saturated carbocycles. The number of carbonyl (C=O) groups is 2. The summed E-state index contributed by atoms with van der Waals surface area (Å²) in [6.07, 6.45) is -1.04. The molecule has 11 heavy (non-hydrogen) atoms. The molecule has 1 fully saturated rings. The molecule has 0 radical (unpaired) electrons. The lowest BCUT2D eigenvalue weighted by Crippen LogP contribution is -2.27. The first kappa shape index (κ1) is 7.84. The molecular weight excluding hydrogens is 148 g/mol. The summed E-state index contributed by atoms with van der Waals surface area (Å²) in [6, 6.07) is -0.648. The second kappa shape index (κ2) is 2.41. The lowest BCUT2D eigenvalue weighted by molar-refractivity contribution is -0.120. The molecule has 5 nitrogen and oxygen atoms in total. The van der Waals surface area contributed by atoms with Gasteiger partial charge in [0.05, 0.1) is 6.04 Å². The molecule has 1 rings (SSSR count). The van der Waals surface area contributed by atoms with Gasteiger partial charge >= 0.3 is 6.09 Å². The van der Waals surface area contributed by atoms with Crippen LogP contribution in [0.3, 0.4) is 0 Å². The van der Waals surface area contributed by atoms with E-state index in [4.69, 9.17) is 5.11 Å². The van der Waals surface area contributed by atoms with E-state index in [9.17, 15) is 9.59 Å². The second-order valence-electron chi connectivity index (χ2n) is 2.49. The van der Waals surface area contributed by atoms with Crippen LogP contribution in [0.4, 0.5) is 4.79 Å². The SMILES string of the molecule is CNC(=O)C1C(C)N1C(=O)O. The average molecular weight is 158 g/mol. The number of hydrogen-bond acceptors (Lipinski definition) is 2. The molecule has 0 spiro atoms. The van der Waals surface area contributed by atoms with E-state index in [2.05, 4.69) is 5.32 Å². The molecule has 2 N–H and O–H groups in total. The fourth-order valence-electron chi connectivity index (χ4n) is 1.14. The largest absolute Gasteiger partial charge is 0.465 e. The van der Waals surface area contributed by atoms with Crippen LogP contribution < -0.4 is 5.32 Å². The van der Waals surface area contributed by atoms with Crippen molar-refractivity contribution in [2.75, 3.05) is 7.05 Å². The highest BCUT2D eigenvalue weighted by atomic mass is 16.4. The maximum Gasteiger partial charge on any atom is 0.408 e. The third-order valence-electron chi connectivity index (χ3n) is 1.84. The predicted octanol–water partition coefficient (Wildman–Crippen LogP) is -0.517. The van der Waals surface area contributed by atoms with Crippen molar-refractivity contribution >= 4 is 12.0 Å². The van der Waals surface area contributed by atoms with Gasteiger partial charge in [-0.25, -0.2) is 4.79 Å². The van der Waals surface area contributed by atoms with E-state index in [1.807, 2.05) is 0 Å². The van der Waals surface area contributed by atoms with Crippen LogP contribution in [0.2, 0.25) is 0 Å². The summed E-state index contributed by atoms with van der Waals surface area (Å²) < 4.78 is 0.